The molecule has 104 valence electrons. The van der Waals surface area contributed by atoms with Gasteiger partial charge in [0.1, 0.15) is 0 Å². The van der Waals surface area contributed by atoms with E-state index in [-0.39, 0.29) is 5.91 Å². The summed E-state index contributed by atoms with van der Waals surface area (Å²) in [6.45, 7) is 5.09. The van der Waals surface area contributed by atoms with Gasteiger partial charge in [-0.25, -0.2) is 0 Å². The fourth-order valence-electron chi connectivity index (χ4n) is 2.07. The molecule has 0 N–H and O–H groups in total. The van der Waals surface area contributed by atoms with Gasteiger partial charge in [0.15, 0.2) is 0 Å². The number of aromatic nitrogens is 1. The monoisotopic (exact) mass is 288 g/mol. The van der Waals surface area contributed by atoms with Crippen LogP contribution in [0.1, 0.15) is 31.2 Å². The van der Waals surface area contributed by atoms with Crippen molar-refractivity contribution >= 4 is 23.1 Å². The Hall–Kier alpha value is -1.79. The van der Waals surface area contributed by atoms with Gasteiger partial charge in [0, 0.05) is 19.5 Å². The first-order valence-electron chi connectivity index (χ1n) is 6.72. The molecule has 20 heavy (non-hydrogen) atoms. The van der Waals surface area contributed by atoms with Crippen LogP contribution in [0.3, 0.4) is 0 Å². The van der Waals surface area contributed by atoms with E-state index in [9.17, 15) is 4.79 Å². The summed E-state index contributed by atoms with van der Waals surface area (Å²) in [6, 6.07) is 3.74. The SMILES string of the molecule is CCC#CC(=O)N1CCC=C(c2ccc(Cl)c(C)n2)C1. The van der Waals surface area contributed by atoms with Crippen molar-refractivity contribution in [3.8, 4) is 11.8 Å². The number of rotatable bonds is 1. The second-order valence-corrected chi connectivity index (χ2v) is 5.07. The second-order valence-electron chi connectivity index (χ2n) is 4.66. The van der Waals surface area contributed by atoms with Gasteiger partial charge in [0.25, 0.3) is 5.91 Å². The number of amides is 1. The van der Waals surface area contributed by atoms with E-state index in [1.54, 1.807) is 4.90 Å². The van der Waals surface area contributed by atoms with E-state index >= 15 is 0 Å². The molecule has 1 aromatic heterocycles. The quantitative estimate of drug-likeness (QED) is 0.744. The number of hydrogen-bond acceptors (Lipinski definition) is 2. The first-order valence-corrected chi connectivity index (χ1v) is 7.10. The summed E-state index contributed by atoms with van der Waals surface area (Å²) in [4.78, 5) is 18.2. The van der Waals surface area contributed by atoms with Crippen LogP contribution in [0.2, 0.25) is 5.02 Å². The zero-order valence-electron chi connectivity index (χ0n) is 11.7. The Balaban J connectivity index is 2.16. The lowest BCUT2D eigenvalue weighted by Gasteiger charge is -2.25. The van der Waals surface area contributed by atoms with E-state index in [0.29, 0.717) is 24.5 Å². The van der Waals surface area contributed by atoms with Crippen molar-refractivity contribution in [2.45, 2.75) is 26.7 Å². The second kappa shape index (κ2) is 6.58. The van der Waals surface area contributed by atoms with Crippen LogP contribution in [0.4, 0.5) is 0 Å². The van der Waals surface area contributed by atoms with E-state index in [1.807, 2.05) is 26.0 Å². The molecule has 0 unspecified atom stereocenters. The fourth-order valence-corrected chi connectivity index (χ4v) is 2.17. The Morgan fingerprint density at radius 1 is 1.50 bits per heavy atom. The predicted molar refractivity (Wildman–Crippen MR) is 81.2 cm³/mol. The first kappa shape index (κ1) is 14.6. The molecule has 0 saturated carbocycles. The topological polar surface area (TPSA) is 33.2 Å². The summed E-state index contributed by atoms with van der Waals surface area (Å²) in [6.07, 6.45) is 3.66. The molecule has 2 heterocycles. The molecular weight excluding hydrogens is 272 g/mol. The van der Waals surface area contributed by atoms with Gasteiger partial charge < -0.3 is 4.90 Å². The standard InChI is InChI=1S/C16H17ClN2O/c1-3-4-7-16(20)19-10-5-6-13(11-19)15-9-8-14(17)12(2)18-15/h6,8-9H,3,5,10-11H2,1-2H3. The summed E-state index contributed by atoms with van der Waals surface area (Å²) in [5.74, 6) is 5.38. The van der Waals surface area contributed by atoms with Gasteiger partial charge in [-0.15, -0.1) is 0 Å². The van der Waals surface area contributed by atoms with Crippen molar-refractivity contribution in [2.24, 2.45) is 0 Å². The summed E-state index contributed by atoms with van der Waals surface area (Å²) in [5.41, 5.74) is 2.75. The van der Waals surface area contributed by atoms with Gasteiger partial charge in [0.05, 0.1) is 16.4 Å². The Morgan fingerprint density at radius 2 is 2.30 bits per heavy atom. The maximum Gasteiger partial charge on any atom is 0.298 e. The molecule has 1 amide bonds. The molecule has 1 aliphatic rings. The highest BCUT2D eigenvalue weighted by atomic mass is 35.5. The number of aryl methyl sites for hydroxylation is 1. The van der Waals surface area contributed by atoms with Crippen LogP contribution in [0, 0.1) is 18.8 Å². The third kappa shape index (κ3) is 3.40. The molecular formula is C16H17ClN2O. The van der Waals surface area contributed by atoms with Crippen LogP contribution in [-0.4, -0.2) is 28.9 Å². The summed E-state index contributed by atoms with van der Waals surface area (Å²) < 4.78 is 0. The van der Waals surface area contributed by atoms with Gasteiger partial charge >= 0.3 is 0 Å². The third-order valence-corrected chi connectivity index (χ3v) is 3.56. The van der Waals surface area contributed by atoms with Crippen molar-refractivity contribution in [3.05, 3.63) is 34.6 Å². The zero-order chi connectivity index (χ0) is 14.5. The smallest absolute Gasteiger partial charge is 0.298 e. The maximum absolute atomic E-state index is 11.9. The molecule has 0 aliphatic carbocycles. The Labute approximate surface area is 124 Å². The molecule has 1 aliphatic heterocycles. The predicted octanol–water partition coefficient (Wildman–Crippen LogP) is 3.07. The van der Waals surface area contributed by atoms with Gasteiger partial charge in [-0.05, 0) is 37.0 Å². The molecule has 0 radical (unpaired) electrons. The fraction of sp³-hybridized carbons (Fsp3) is 0.375. The normalized spacial score (nSPS) is 14.3. The maximum atomic E-state index is 11.9. The van der Waals surface area contributed by atoms with Crippen LogP contribution in [0.25, 0.3) is 5.57 Å². The molecule has 3 nitrogen and oxygen atoms in total. The summed E-state index contributed by atoms with van der Waals surface area (Å²) in [7, 11) is 0. The van der Waals surface area contributed by atoms with Crippen LogP contribution in [0.5, 0.6) is 0 Å². The van der Waals surface area contributed by atoms with Gasteiger partial charge in [-0.2, -0.15) is 0 Å². The highest BCUT2D eigenvalue weighted by molar-refractivity contribution is 6.31. The van der Waals surface area contributed by atoms with Gasteiger partial charge in [-0.3, -0.25) is 9.78 Å². The Morgan fingerprint density at radius 3 is 3.00 bits per heavy atom. The van der Waals surface area contributed by atoms with Crippen LogP contribution >= 0.6 is 11.6 Å². The van der Waals surface area contributed by atoms with Gasteiger partial charge in [0.2, 0.25) is 0 Å². The molecule has 0 bridgehead atoms. The zero-order valence-corrected chi connectivity index (χ0v) is 12.5. The molecule has 0 saturated heterocycles. The lowest BCUT2D eigenvalue weighted by molar-refractivity contribution is -0.124. The third-order valence-electron chi connectivity index (χ3n) is 3.16. The number of carbonyl (C=O) groups is 1. The molecule has 0 fully saturated rings. The van der Waals surface area contributed by atoms with Crippen molar-refractivity contribution in [1.82, 2.24) is 9.88 Å². The van der Waals surface area contributed by atoms with Crippen LogP contribution in [-0.2, 0) is 4.79 Å². The van der Waals surface area contributed by atoms with Crippen LogP contribution in [0.15, 0.2) is 18.2 Å². The average Bonchev–Trinajstić information content (AvgIpc) is 2.47. The lowest BCUT2D eigenvalue weighted by atomic mass is 10.1. The van der Waals surface area contributed by atoms with Gasteiger partial charge in [-0.1, -0.05) is 30.5 Å². The molecule has 0 aromatic carbocycles. The Kier molecular flexibility index (Phi) is 4.81. The minimum Gasteiger partial charge on any atom is -0.327 e. The molecule has 0 spiro atoms. The minimum atomic E-state index is -0.108. The molecule has 0 atom stereocenters. The van der Waals surface area contributed by atoms with Crippen molar-refractivity contribution in [2.75, 3.05) is 13.1 Å². The highest BCUT2D eigenvalue weighted by Crippen LogP contribution is 2.22. The number of nitrogens with zero attached hydrogens (tertiary/aromatic N) is 2. The number of carbonyl (C=O) groups excluding carboxylic acids is 1. The number of pyridine rings is 1. The largest absolute Gasteiger partial charge is 0.327 e. The van der Waals surface area contributed by atoms with E-state index in [4.69, 9.17) is 11.6 Å². The summed E-state index contributed by atoms with van der Waals surface area (Å²) >= 11 is 5.99. The average molecular weight is 289 g/mol. The minimum absolute atomic E-state index is 0.108. The van der Waals surface area contributed by atoms with E-state index in [2.05, 4.69) is 22.9 Å². The molecule has 1 aromatic rings. The van der Waals surface area contributed by atoms with Crippen molar-refractivity contribution in [3.63, 3.8) is 0 Å². The summed E-state index contributed by atoms with van der Waals surface area (Å²) in [5, 5.41) is 0.659. The van der Waals surface area contributed by atoms with Crippen LogP contribution < -0.4 is 0 Å². The number of halogens is 1. The number of hydrogen-bond donors (Lipinski definition) is 0. The molecule has 4 heteroatoms. The highest BCUT2D eigenvalue weighted by Gasteiger charge is 2.18. The van der Waals surface area contributed by atoms with Crippen molar-refractivity contribution < 1.29 is 4.79 Å². The van der Waals surface area contributed by atoms with E-state index < -0.39 is 0 Å². The molecule has 2 rings (SSSR count). The van der Waals surface area contributed by atoms with E-state index in [0.717, 1.165) is 23.4 Å². The first-order chi connectivity index (χ1) is 9.61. The van der Waals surface area contributed by atoms with E-state index in [1.165, 1.54) is 0 Å². The van der Waals surface area contributed by atoms with Crippen molar-refractivity contribution in [1.29, 1.82) is 0 Å². The Bertz CT molecular complexity index is 611. The lowest BCUT2D eigenvalue weighted by Crippen LogP contribution is -2.34.